The Balaban J connectivity index is 2.49. The number of aliphatic hydroxyl groups excluding tert-OH is 4. The van der Waals surface area contributed by atoms with E-state index in [0.717, 1.165) is 0 Å². The molecule has 0 amide bonds. The number of rotatable bonds is 4. The van der Waals surface area contributed by atoms with Gasteiger partial charge in [0.2, 0.25) is 0 Å². The second-order valence-electron chi connectivity index (χ2n) is 3.84. The molecule has 1 unspecified atom stereocenters. The zero-order valence-electron chi connectivity index (χ0n) is 9.62. The van der Waals surface area contributed by atoms with Gasteiger partial charge in [-0.2, -0.15) is 0 Å². The van der Waals surface area contributed by atoms with Gasteiger partial charge in [-0.3, -0.25) is 0 Å². The van der Waals surface area contributed by atoms with E-state index < -0.39 is 49.3 Å². The number of carboxylic acids is 1. The second kappa shape index (κ2) is 6.59. The quantitative estimate of drug-likeness (QED) is 0.267. The maximum Gasteiger partial charge on any atom is 0.331 e. The van der Waals surface area contributed by atoms with Crippen molar-refractivity contribution < 1.29 is 44.6 Å². The molecule has 0 radical (unpaired) electrons. The third-order valence-electron chi connectivity index (χ3n) is 2.44. The molecule has 5 atom stereocenters. The highest BCUT2D eigenvalue weighted by Gasteiger charge is 2.43. The molecule has 1 aliphatic rings. The van der Waals surface area contributed by atoms with Gasteiger partial charge in [0.1, 0.15) is 31.0 Å². The number of ether oxygens (including phenoxy) is 2. The van der Waals surface area contributed by atoms with E-state index >= 15 is 0 Å². The van der Waals surface area contributed by atoms with E-state index in [4.69, 9.17) is 9.84 Å². The molecule has 0 aliphatic carbocycles. The Morgan fingerprint density at radius 3 is 2.26 bits per heavy atom. The average Bonchev–Trinajstić information content (AvgIpc) is 2.36. The van der Waals surface area contributed by atoms with Crippen LogP contribution in [-0.2, 0) is 19.1 Å². The molecular formula is C10H14O9. The van der Waals surface area contributed by atoms with Crippen LogP contribution < -0.4 is 0 Å². The minimum atomic E-state index is -1.73. The Labute approximate surface area is 107 Å². The van der Waals surface area contributed by atoms with E-state index in [1.807, 2.05) is 0 Å². The van der Waals surface area contributed by atoms with Crippen LogP contribution in [0.15, 0.2) is 12.2 Å². The molecule has 9 nitrogen and oxygen atoms in total. The fourth-order valence-electron chi connectivity index (χ4n) is 1.42. The minimum absolute atomic E-state index is 0.523. The van der Waals surface area contributed by atoms with Gasteiger partial charge < -0.3 is 35.0 Å². The van der Waals surface area contributed by atoms with Gasteiger partial charge in [0.05, 0.1) is 0 Å². The summed E-state index contributed by atoms with van der Waals surface area (Å²) in [5.41, 5.74) is 0. The smallest absolute Gasteiger partial charge is 0.331 e. The van der Waals surface area contributed by atoms with Crippen LogP contribution in [0.5, 0.6) is 0 Å². The molecule has 0 aromatic carbocycles. The van der Waals surface area contributed by atoms with Crippen molar-refractivity contribution in [2.45, 2.75) is 30.7 Å². The van der Waals surface area contributed by atoms with E-state index in [1.165, 1.54) is 0 Å². The molecule has 0 aromatic heterocycles. The first kappa shape index (κ1) is 15.5. The molecule has 0 aromatic rings. The van der Waals surface area contributed by atoms with Gasteiger partial charge >= 0.3 is 11.9 Å². The number of aliphatic hydroxyl groups is 4. The molecule has 1 heterocycles. The summed E-state index contributed by atoms with van der Waals surface area (Å²) in [4.78, 5) is 21.2. The third-order valence-corrected chi connectivity index (χ3v) is 2.44. The van der Waals surface area contributed by atoms with Crippen molar-refractivity contribution in [3.63, 3.8) is 0 Å². The fraction of sp³-hybridized carbons (Fsp3) is 0.600. The Bertz CT molecular complexity index is 366. The van der Waals surface area contributed by atoms with Crippen LogP contribution in [0.4, 0.5) is 0 Å². The summed E-state index contributed by atoms with van der Waals surface area (Å²) in [6.07, 6.45) is -6.63. The number of carbonyl (C=O) groups excluding carboxylic acids is 1. The lowest BCUT2D eigenvalue weighted by Gasteiger charge is -2.37. The maximum absolute atomic E-state index is 11.0. The van der Waals surface area contributed by atoms with Crippen LogP contribution in [0.1, 0.15) is 0 Å². The molecule has 0 spiro atoms. The lowest BCUT2D eigenvalue weighted by atomic mass is 9.99. The minimum Gasteiger partial charge on any atom is -0.478 e. The van der Waals surface area contributed by atoms with Gasteiger partial charge in [0, 0.05) is 12.2 Å². The highest BCUT2D eigenvalue weighted by molar-refractivity contribution is 5.90. The molecule has 0 bridgehead atoms. The Hall–Kier alpha value is -1.52. The highest BCUT2D eigenvalue weighted by Crippen LogP contribution is 2.19. The topological polar surface area (TPSA) is 154 Å². The second-order valence-corrected chi connectivity index (χ2v) is 3.84. The molecule has 1 aliphatic heterocycles. The number of carboxylic acid groups (broad SMARTS) is 1. The normalized spacial score (nSPS) is 35.3. The largest absolute Gasteiger partial charge is 0.478 e. The molecule has 9 heteroatoms. The lowest BCUT2D eigenvalue weighted by Crippen LogP contribution is -2.58. The summed E-state index contributed by atoms with van der Waals surface area (Å²) >= 11 is 0. The zero-order valence-corrected chi connectivity index (χ0v) is 9.62. The van der Waals surface area contributed by atoms with Crippen LogP contribution >= 0.6 is 0 Å². The monoisotopic (exact) mass is 278 g/mol. The summed E-state index contributed by atoms with van der Waals surface area (Å²) in [5.74, 6) is -2.33. The summed E-state index contributed by atoms with van der Waals surface area (Å²) in [7, 11) is 0. The summed E-state index contributed by atoms with van der Waals surface area (Å²) in [6.45, 7) is -0.523. The van der Waals surface area contributed by atoms with Crippen molar-refractivity contribution >= 4 is 11.9 Å². The Morgan fingerprint density at radius 2 is 1.68 bits per heavy atom. The molecule has 5 N–H and O–H groups in total. The van der Waals surface area contributed by atoms with Crippen LogP contribution in [0.3, 0.4) is 0 Å². The molecule has 108 valence electrons. The SMILES string of the molecule is O=C(O)C=CC(=O)OCC1O[C@H](O)[C@H](O)[C@@H](O)[C@H]1O. The summed E-state index contributed by atoms with van der Waals surface area (Å²) < 4.78 is 9.29. The maximum atomic E-state index is 11.0. The molecule has 19 heavy (non-hydrogen) atoms. The van der Waals surface area contributed by atoms with Crippen LogP contribution in [-0.4, -0.2) is 74.8 Å². The number of aliphatic carboxylic acids is 1. The predicted octanol–water partition coefficient (Wildman–Crippen LogP) is -3.03. The van der Waals surface area contributed by atoms with Crippen molar-refractivity contribution in [3.8, 4) is 0 Å². The molecule has 1 rings (SSSR count). The first-order valence-electron chi connectivity index (χ1n) is 5.28. The van der Waals surface area contributed by atoms with Crippen molar-refractivity contribution in [3.05, 3.63) is 12.2 Å². The zero-order chi connectivity index (χ0) is 14.6. The standard InChI is InChI=1S/C10H14O9/c11-5(12)1-2-6(13)18-3-4-7(14)8(15)9(16)10(17)19-4/h1-2,4,7-10,14-17H,3H2,(H,11,12)/t4?,7-,8-,9+,10-/m0/s1. The average molecular weight is 278 g/mol. The van der Waals surface area contributed by atoms with Crippen molar-refractivity contribution in [2.75, 3.05) is 6.61 Å². The van der Waals surface area contributed by atoms with Gasteiger partial charge in [0.25, 0.3) is 0 Å². The van der Waals surface area contributed by atoms with Crippen molar-refractivity contribution in [1.82, 2.24) is 0 Å². The van der Waals surface area contributed by atoms with E-state index in [1.54, 1.807) is 0 Å². The lowest BCUT2D eigenvalue weighted by molar-refractivity contribution is -0.287. The highest BCUT2D eigenvalue weighted by atomic mass is 16.6. The van der Waals surface area contributed by atoms with Crippen molar-refractivity contribution in [2.24, 2.45) is 0 Å². The molecule has 1 saturated heterocycles. The predicted molar refractivity (Wildman–Crippen MR) is 56.6 cm³/mol. The first-order chi connectivity index (χ1) is 8.82. The number of hydrogen-bond acceptors (Lipinski definition) is 8. The Morgan fingerprint density at radius 1 is 1.05 bits per heavy atom. The van der Waals surface area contributed by atoms with E-state index in [0.29, 0.717) is 12.2 Å². The van der Waals surface area contributed by atoms with Crippen molar-refractivity contribution in [1.29, 1.82) is 0 Å². The van der Waals surface area contributed by atoms with Gasteiger partial charge in [-0.1, -0.05) is 0 Å². The summed E-state index contributed by atoms with van der Waals surface area (Å²) in [5, 5.41) is 45.5. The van der Waals surface area contributed by atoms with Gasteiger partial charge in [-0.15, -0.1) is 0 Å². The van der Waals surface area contributed by atoms with E-state index in [-0.39, 0.29) is 0 Å². The number of carbonyl (C=O) groups is 2. The summed E-state index contributed by atoms with van der Waals surface area (Å²) in [6, 6.07) is 0. The first-order valence-corrected chi connectivity index (χ1v) is 5.28. The van der Waals surface area contributed by atoms with Crippen LogP contribution in [0, 0.1) is 0 Å². The van der Waals surface area contributed by atoms with Crippen LogP contribution in [0.25, 0.3) is 0 Å². The van der Waals surface area contributed by atoms with Gasteiger partial charge in [-0.05, 0) is 0 Å². The molecule has 0 saturated carbocycles. The molecular weight excluding hydrogens is 264 g/mol. The van der Waals surface area contributed by atoms with Gasteiger partial charge in [0.15, 0.2) is 6.29 Å². The molecule has 1 fully saturated rings. The van der Waals surface area contributed by atoms with Crippen LogP contribution in [0.2, 0.25) is 0 Å². The Kier molecular flexibility index (Phi) is 5.39. The fourth-order valence-corrected chi connectivity index (χ4v) is 1.42. The third kappa shape index (κ3) is 4.26. The number of hydrogen-bond donors (Lipinski definition) is 5. The number of esters is 1. The van der Waals surface area contributed by atoms with Gasteiger partial charge in [-0.25, -0.2) is 9.59 Å². The van der Waals surface area contributed by atoms with E-state index in [9.17, 15) is 30.0 Å². The van der Waals surface area contributed by atoms with E-state index in [2.05, 4.69) is 4.74 Å².